The first kappa shape index (κ1) is 17.4. The Morgan fingerprint density at radius 3 is 2.57 bits per heavy atom. The van der Waals surface area contributed by atoms with Crippen molar-refractivity contribution < 1.29 is 0 Å². The maximum absolute atomic E-state index is 5.81. The van der Waals surface area contributed by atoms with E-state index in [-0.39, 0.29) is 0 Å². The summed E-state index contributed by atoms with van der Waals surface area (Å²) in [5, 5.41) is 1.02. The predicted molar refractivity (Wildman–Crippen MR) is 118 cm³/mol. The second-order valence-electron chi connectivity index (χ2n) is 8.23. The van der Waals surface area contributed by atoms with Gasteiger partial charge in [-0.1, -0.05) is 12.1 Å². The van der Waals surface area contributed by atoms with Crippen molar-refractivity contribution in [2.45, 2.75) is 25.0 Å². The van der Waals surface area contributed by atoms with Crippen LogP contribution in [0.1, 0.15) is 12.0 Å². The number of piperidine rings is 1. The number of aromatic nitrogens is 4. The minimum atomic E-state index is 0.587. The van der Waals surface area contributed by atoms with Gasteiger partial charge in [-0.05, 0) is 42.3 Å². The fourth-order valence-electron chi connectivity index (χ4n) is 4.78. The van der Waals surface area contributed by atoms with Crippen molar-refractivity contribution in [3.63, 3.8) is 0 Å². The fraction of sp³-hybridized carbons (Fsp3) is 0.261. The van der Waals surface area contributed by atoms with Gasteiger partial charge >= 0.3 is 0 Å². The van der Waals surface area contributed by atoms with Crippen molar-refractivity contribution in [2.75, 3.05) is 23.7 Å². The Morgan fingerprint density at radius 2 is 1.80 bits per heavy atom. The monoisotopic (exact) mass is 397 g/mol. The number of anilines is 2. The summed E-state index contributed by atoms with van der Waals surface area (Å²) in [6.07, 6.45) is 6.68. The second kappa shape index (κ2) is 6.81. The number of hydrogen-bond acceptors (Lipinski definition) is 6. The summed E-state index contributed by atoms with van der Waals surface area (Å²) in [5.74, 6) is 1.04. The highest BCUT2D eigenvalue weighted by atomic mass is 15.4. The number of H-pyrrole nitrogens is 1. The molecule has 3 saturated heterocycles. The first-order chi connectivity index (χ1) is 14.7. The number of pyridine rings is 1. The molecule has 0 amide bonds. The Kier molecular flexibility index (Phi) is 3.95. The average molecular weight is 397 g/mol. The Balaban J connectivity index is 1.16. The zero-order valence-electron chi connectivity index (χ0n) is 16.6. The summed E-state index contributed by atoms with van der Waals surface area (Å²) in [6, 6.07) is 15.7. The van der Waals surface area contributed by atoms with E-state index in [0.717, 1.165) is 53.4 Å². The van der Waals surface area contributed by atoms with Gasteiger partial charge in [-0.15, -0.1) is 0 Å². The second-order valence-corrected chi connectivity index (χ2v) is 8.23. The van der Waals surface area contributed by atoms with Crippen LogP contribution in [0.2, 0.25) is 0 Å². The van der Waals surface area contributed by atoms with Crippen LogP contribution in [0.3, 0.4) is 0 Å². The van der Waals surface area contributed by atoms with E-state index < -0.39 is 0 Å². The molecule has 3 fully saturated rings. The Hall–Kier alpha value is -3.45. The van der Waals surface area contributed by atoms with Gasteiger partial charge in [-0.3, -0.25) is 4.90 Å². The van der Waals surface area contributed by atoms with Crippen LogP contribution in [0.25, 0.3) is 22.3 Å². The molecule has 1 aromatic carbocycles. The van der Waals surface area contributed by atoms with E-state index in [0.29, 0.717) is 12.1 Å². The molecule has 7 rings (SSSR count). The third kappa shape index (κ3) is 2.90. The van der Waals surface area contributed by atoms with Gasteiger partial charge in [0.2, 0.25) is 0 Å². The van der Waals surface area contributed by atoms with Crippen molar-refractivity contribution in [1.82, 2.24) is 24.8 Å². The van der Waals surface area contributed by atoms with E-state index in [1.54, 1.807) is 6.33 Å². The van der Waals surface area contributed by atoms with Gasteiger partial charge < -0.3 is 15.6 Å². The van der Waals surface area contributed by atoms with Crippen LogP contribution >= 0.6 is 0 Å². The lowest BCUT2D eigenvalue weighted by atomic mass is 9.86. The van der Waals surface area contributed by atoms with E-state index in [4.69, 9.17) is 10.7 Å². The van der Waals surface area contributed by atoms with Crippen molar-refractivity contribution in [3.8, 4) is 11.3 Å². The molecule has 3 aliphatic rings. The standard InChI is InChI=1S/C23H23N7/c24-17-4-1-15(2-5-17)11-30-18-9-19(30)13-29(12-18)21-6-3-16(10-26-21)22-20-7-8-25-23(20)28-14-27-22/h1-8,10,14,18-19H,9,11-13,24H2,(H,25,27,28). The molecule has 3 aromatic heterocycles. The molecule has 2 unspecified atom stereocenters. The number of nitrogens with zero attached hydrogens (tertiary/aromatic N) is 5. The fourth-order valence-corrected chi connectivity index (χ4v) is 4.78. The Bertz CT molecular complexity index is 1170. The van der Waals surface area contributed by atoms with Crippen LogP contribution in [-0.2, 0) is 6.54 Å². The van der Waals surface area contributed by atoms with Gasteiger partial charge in [0.25, 0.3) is 0 Å². The third-order valence-corrected chi connectivity index (χ3v) is 6.39. The maximum Gasteiger partial charge on any atom is 0.141 e. The van der Waals surface area contributed by atoms with Gasteiger partial charge in [0, 0.05) is 60.7 Å². The lowest BCUT2D eigenvalue weighted by Crippen LogP contribution is -2.68. The summed E-state index contributed by atoms with van der Waals surface area (Å²) in [4.78, 5) is 21.7. The van der Waals surface area contributed by atoms with Gasteiger partial charge in [0.05, 0.1) is 5.69 Å². The normalized spacial score (nSPS) is 21.0. The number of fused-ring (bicyclic) bond motifs is 3. The Labute approximate surface area is 174 Å². The maximum atomic E-state index is 5.81. The van der Waals surface area contributed by atoms with E-state index in [1.165, 1.54) is 12.0 Å². The molecule has 0 saturated carbocycles. The number of piperazine rings is 1. The molecule has 2 atom stereocenters. The van der Waals surface area contributed by atoms with Crippen LogP contribution < -0.4 is 10.6 Å². The van der Waals surface area contributed by atoms with Gasteiger partial charge in [-0.25, -0.2) is 15.0 Å². The molecular weight excluding hydrogens is 374 g/mol. The molecule has 7 heteroatoms. The topological polar surface area (TPSA) is 87.0 Å². The molecule has 7 nitrogen and oxygen atoms in total. The van der Waals surface area contributed by atoms with Crippen molar-refractivity contribution in [3.05, 3.63) is 66.7 Å². The molecule has 0 aliphatic carbocycles. The van der Waals surface area contributed by atoms with Gasteiger partial charge in [0.1, 0.15) is 17.8 Å². The van der Waals surface area contributed by atoms with Crippen LogP contribution in [0.4, 0.5) is 11.5 Å². The molecule has 0 spiro atoms. The predicted octanol–water partition coefficient (Wildman–Crippen LogP) is 3.07. The molecular formula is C23H23N7. The van der Waals surface area contributed by atoms with Crippen molar-refractivity contribution in [2.24, 2.45) is 0 Å². The van der Waals surface area contributed by atoms with Crippen LogP contribution in [0.5, 0.6) is 0 Å². The molecule has 0 radical (unpaired) electrons. The SMILES string of the molecule is Nc1ccc(CN2C3CC2CN(c2ccc(-c4ncnc5[nH]ccc45)cn2)C3)cc1. The first-order valence-electron chi connectivity index (χ1n) is 10.3. The zero-order chi connectivity index (χ0) is 20.1. The highest BCUT2D eigenvalue weighted by Crippen LogP contribution is 2.36. The van der Waals surface area contributed by atoms with E-state index in [1.807, 2.05) is 30.6 Å². The lowest BCUT2D eigenvalue weighted by molar-refractivity contribution is -0.00867. The number of rotatable bonds is 4. The largest absolute Gasteiger partial charge is 0.399 e. The van der Waals surface area contributed by atoms with Crippen LogP contribution in [0, 0.1) is 0 Å². The number of nitrogen functional groups attached to an aromatic ring is 1. The number of aromatic amines is 1. The van der Waals surface area contributed by atoms with Crippen molar-refractivity contribution in [1.29, 1.82) is 0 Å². The molecule has 3 N–H and O–H groups in total. The molecule has 150 valence electrons. The quantitative estimate of drug-likeness (QED) is 0.515. The van der Waals surface area contributed by atoms with E-state index in [2.05, 4.69) is 49.0 Å². The third-order valence-electron chi connectivity index (χ3n) is 6.39. The Morgan fingerprint density at radius 1 is 0.967 bits per heavy atom. The number of hydrogen-bond donors (Lipinski definition) is 2. The molecule has 6 heterocycles. The van der Waals surface area contributed by atoms with E-state index in [9.17, 15) is 0 Å². The van der Waals surface area contributed by atoms with Crippen molar-refractivity contribution >= 4 is 22.5 Å². The summed E-state index contributed by atoms with van der Waals surface area (Å²) in [5.41, 5.74) is 10.7. The minimum Gasteiger partial charge on any atom is -0.399 e. The van der Waals surface area contributed by atoms with Crippen LogP contribution in [0.15, 0.2) is 61.2 Å². The van der Waals surface area contributed by atoms with Gasteiger partial charge in [0.15, 0.2) is 0 Å². The summed E-state index contributed by atoms with van der Waals surface area (Å²) in [6.45, 7) is 3.04. The molecule has 4 aromatic rings. The summed E-state index contributed by atoms with van der Waals surface area (Å²) < 4.78 is 0. The van der Waals surface area contributed by atoms with Crippen LogP contribution in [-0.4, -0.2) is 50.0 Å². The molecule has 2 bridgehead atoms. The van der Waals surface area contributed by atoms with Gasteiger partial charge in [-0.2, -0.15) is 0 Å². The molecule has 30 heavy (non-hydrogen) atoms. The first-order valence-corrected chi connectivity index (χ1v) is 10.3. The minimum absolute atomic E-state index is 0.587. The summed E-state index contributed by atoms with van der Waals surface area (Å²) in [7, 11) is 0. The highest BCUT2D eigenvalue weighted by Gasteiger charge is 2.44. The zero-order valence-corrected chi connectivity index (χ0v) is 16.6. The highest BCUT2D eigenvalue weighted by molar-refractivity contribution is 5.90. The average Bonchev–Trinajstić information content (AvgIpc) is 3.28. The number of benzene rings is 1. The van der Waals surface area contributed by atoms with E-state index >= 15 is 0 Å². The summed E-state index contributed by atoms with van der Waals surface area (Å²) >= 11 is 0. The number of nitrogens with one attached hydrogen (secondary N) is 1. The smallest absolute Gasteiger partial charge is 0.141 e. The number of nitrogens with two attached hydrogens (primary N) is 1. The molecule has 3 aliphatic heterocycles. The lowest BCUT2D eigenvalue weighted by Gasteiger charge is -2.56.